The lowest BCUT2D eigenvalue weighted by atomic mass is 10.0. The number of amides is 1. The topological polar surface area (TPSA) is 150 Å². The minimum Gasteiger partial charge on any atom is -0.497 e. The summed E-state index contributed by atoms with van der Waals surface area (Å²) in [6.45, 7) is 1.05. The molecule has 1 unspecified atom stereocenters. The Morgan fingerprint density at radius 1 is 0.561 bits per heavy atom. The minimum absolute atomic E-state index is 0.180. The second-order valence-corrected chi connectivity index (χ2v) is 13.0. The Labute approximate surface area is 332 Å². The maximum atomic E-state index is 12.8. The molecule has 0 saturated heterocycles. The number of hydrogen-bond acceptors (Lipinski definition) is 13. The van der Waals surface area contributed by atoms with Gasteiger partial charge in [-0.3, -0.25) is 4.79 Å². The molecule has 2 heterocycles. The number of hydrogen-bond donors (Lipinski definition) is 2. The summed E-state index contributed by atoms with van der Waals surface area (Å²) in [5.74, 6) is 5.27. The highest BCUT2D eigenvalue weighted by atomic mass is 16.5. The first-order chi connectivity index (χ1) is 27.8. The van der Waals surface area contributed by atoms with Gasteiger partial charge in [0.05, 0.1) is 68.5 Å². The van der Waals surface area contributed by atoms with Gasteiger partial charge in [0.15, 0.2) is 40.3 Å². The van der Waals surface area contributed by atoms with Crippen LogP contribution in [0.3, 0.4) is 0 Å². The fourth-order valence-corrected chi connectivity index (χ4v) is 6.55. The van der Waals surface area contributed by atoms with Crippen LogP contribution in [0.1, 0.15) is 54.2 Å². The van der Waals surface area contributed by atoms with Crippen LogP contribution in [0.15, 0.2) is 71.3 Å². The molecule has 4 aromatic carbocycles. The lowest BCUT2D eigenvalue weighted by Gasteiger charge is -2.28. The highest BCUT2D eigenvalue weighted by molar-refractivity contribution is 6.02. The van der Waals surface area contributed by atoms with Crippen LogP contribution in [0.4, 0.5) is 5.69 Å². The van der Waals surface area contributed by atoms with E-state index in [4.69, 9.17) is 47.2 Å². The molecule has 57 heavy (non-hydrogen) atoms. The number of ether oxygens (including phenoxy) is 9. The number of anilines is 1. The second-order valence-electron chi connectivity index (χ2n) is 13.0. The number of fused-ring (bicyclic) bond motifs is 1. The molecule has 2 N–H and O–H groups in total. The lowest BCUT2D eigenvalue weighted by molar-refractivity contribution is 0.0935. The molecule has 14 heteroatoms. The van der Waals surface area contributed by atoms with Crippen molar-refractivity contribution in [3.63, 3.8) is 0 Å². The smallest absolute Gasteiger partial charge is 0.255 e. The first-order valence-corrected chi connectivity index (χ1v) is 18.6. The van der Waals surface area contributed by atoms with Gasteiger partial charge in [-0.05, 0) is 73.0 Å². The molecule has 0 radical (unpaired) electrons. The summed E-state index contributed by atoms with van der Waals surface area (Å²) in [6, 6.07) is 20.2. The third-order valence-corrected chi connectivity index (χ3v) is 9.58. The van der Waals surface area contributed by atoms with Crippen molar-refractivity contribution >= 4 is 11.6 Å². The molecule has 0 bridgehead atoms. The Bertz CT molecular complexity index is 2100. The molecular formula is C43H49N3O11. The fraction of sp³-hybridized carbons (Fsp3) is 0.349. The largest absolute Gasteiger partial charge is 0.497 e. The van der Waals surface area contributed by atoms with Crippen LogP contribution in [0.2, 0.25) is 0 Å². The molecule has 1 amide bonds. The SMILES string of the molecule is COc1ccc2c(c1)C(=O)NC(c1ccc(OCCCCCCCOc3c(OC)cc(-c4cc(-c5cc(OC)c(OC)c(OC)c5)on4)cc3OC)c(OC)c1)N2. The third-order valence-electron chi connectivity index (χ3n) is 9.58. The van der Waals surface area contributed by atoms with E-state index in [0.29, 0.717) is 87.5 Å². The van der Waals surface area contributed by atoms with Crippen LogP contribution in [0.25, 0.3) is 22.6 Å². The molecule has 1 aliphatic heterocycles. The highest BCUT2D eigenvalue weighted by Gasteiger charge is 2.26. The molecule has 1 aliphatic rings. The Kier molecular flexibility index (Phi) is 13.4. The zero-order valence-electron chi connectivity index (χ0n) is 33.3. The van der Waals surface area contributed by atoms with Gasteiger partial charge >= 0.3 is 0 Å². The van der Waals surface area contributed by atoms with E-state index in [1.165, 1.54) is 0 Å². The van der Waals surface area contributed by atoms with E-state index in [1.54, 1.807) is 68.0 Å². The number of aromatic nitrogens is 1. The average molecular weight is 784 g/mol. The zero-order valence-corrected chi connectivity index (χ0v) is 33.3. The quantitative estimate of drug-likeness (QED) is 0.0729. The van der Waals surface area contributed by atoms with Crippen LogP contribution in [-0.2, 0) is 0 Å². The summed E-state index contributed by atoms with van der Waals surface area (Å²) in [5, 5.41) is 10.7. The van der Waals surface area contributed by atoms with Crippen molar-refractivity contribution in [3.05, 3.63) is 77.9 Å². The molecule has 0 saturated carbocycles. The predicted octanol–water partition coefficient (Wildman–Crippen LogP) is 8.33. The maximum Gasteiger partial charge on any atom is 0.255 e. The van der Waals surface area contributed by atoms with Gasteiger partial charge in [-0.25, -0.2) is 0 Å². The van der Waals surface area contributed by atoms with Gasteiger partial charge < -0.3 is 57.8 Å². The number of unbranched alkanes of at least 4 members (excludes halogenated alkanes) is 4. The number of carbonyl (C=O) groups excluding carboxylic acids is 1. The van der Waals surface area contributed by atoms with Crippen molar-refractivity contribution in [2.24, 2.45) is 0 Å². The monoisotopic (exact) mass is 783 g/mol. The predicted molar refractivity (Wildman–Crippen MR) is 214 cm³/mol. The van der Waals surface area contributed by atoms with Crippen LogP contribution in [0, 0.1) is 0 Å². The van der Waals surface area contributed by atoms with Crippen molar-refractivity contribution in [3.8, 4) is 74.3 Å². The summed E-state index contributed by atoms with van der Waals surface area (Å²) in [7, 11) is 11.0. The molecule has 0 spiro atoms. The molecule has 302 valence electrons. The Morgan fingerprint density at radius 3 is 1.81 bits per heavy atom. The number of benzene rings is 4. The number of methoxy groups -OCH3 is 7. The van der Waals surface area contributed by atoms with Crippen molar-refractivity contribution in [1.29, 1.82) is 0 Å². The maximum absolute atomic E-state index is 12.8. The third kappa shape index (κ3) is 9.17. The molecule has 6 rings (SSSR count). The van der Waals surface area contributed by atoms with Crippen molar-refractivity contribution in [2.75, 3.05) is 68.3 Å². The minimum atomic E-state index is -0.414. The van der Waals surface area contributed by atoms with E-state index >= 15 is 0 Å². The number of rotatable bonds is 20. The van der Waals surface area contributed by atoms with Gasteiger partial charge in [-0.2, -0.15) is 0 Å². The van der Waals surface area contributed by atoms with E-state index in [1.807, 2.05) is 48.5 Å². The Balaban J connectivity index is 0.962. The van der Waals surface area contributed by atoms with Gasteiger partial charge in [0, 0.05) is 22.9 Å². The average Bonchev–Trinajstić information content (AvgIpc) is 3.75. The van der Waals surface area contributed by atoms with E-state index in [9.17, 15) is 4.79 Å². The van der Waals surface area contributed by atoms with Gasteiger partial charge in [-0.1, -0.05) is 30.5 Å². The van der Waals surface area contributed by atoms with E-state index in [-0.39, 0.29) is 5.91 Å². The lowest BCUT2D eigenvalue weighted by Crippen LogP contribution is -2.38. The normalized spacial score (nSPS) is 13.1. The van der Waals surface area contributed by atoms with Gasteiger partial charge in [0.1, 0.15) is 17.6 Å². The first-order valence-electron chi connectivity index (χ1n) is 18.6. The molecule has 1 atom stereocenters. The number of nitrogens with one attached hydrogen (secondary N) is 2. The van der Waals surface area contributed by atoms with Crippen LogP contribution >= 0.6 is 0 Å². The summed E-state index contributed by atoms with van der Waals surface area (Å²) in [4.78, 5) is 12.8. The summed E-state index contributed by atoms with van der Waals surface area (Å²) in [6.07, 6.45) is 4.34. The zero-order chi connectivity index (χ0) is 40.3. The molecule has 1 aromatic heterocycles. The molecule has 14 nitrogen and oxygen atoms in total. The van der Waals surface area contributed by atoms with Crippen molar-refractivity contribution in [1.82, 2.24) is 10.5 Å². The van der Waals surface area contributed by atoms with Crippen LogP contribution < -0.4 is 53.3 Å². The van der Waals surface area contributed by atoms with Crippen molar-refractivity contribution < 1.29 is 51.9 Å². The van der Waals surface area contributed by atoms with Crippen LogP contribution in [-0.4, -0.2) is 74.0 Å². The summed E-state index contributed by atoms with van der Waals surface area (Å²) < 4.78 is 56.7. The summed E-state index contributed by atoms with van der Waals surface area (Å²) >= 11 is 0. The Hall–Kier alpha value is -6.44. The number of carbonyl (C=O) groups is 1. The first kappa shape index (κ1) is 40.2. The molecule has 5 aromatic rings. The van der Waals surface area contributed by atoms with Crippen LogP contribution in [0.5, 0.6) is 51.7 Å². The van der Waals surface area contributed by atoms with E-state index in [0.717, 1.165) is 48.9 Å². The van der Waals surface area contributed by atoms with Gasteiger partial charge in [0.2, 0.25) is 11.5 Å². The molecule has 0 fully saturated rings. The molecule has 0 aliphatic carbocycles. The van der Waals surface area contributed by atoms with Crippen molar-refractivity contribution in [2.45, 2.75) is 38.3 Å². The van der Waals surface area contributed by atoms with E-state index < -0.39 is 6.17 Å². The highest BCUT2D eigenvalue weighted by Crippen LogP contribution is 2.44. The number of nitrogens with zero attached hydrogens (tertiary/aromatic N) is 1. The van der Waals surface area contributed by atoms with Gasteiger partial charge in [-0.15, -0.1) is 0 Å². The Morgan fingerprint density at radius 2 is 1.18 bits per heavy atom. The van der Waals surface area contributed by atoms with E-state index in [2.05, 4.69) is 15.8 Å². The fourth-order valence-electron chi connectivity index (χ4n) is 6.55. The van der Waals surface area contributed by atoms with Gasteiger partial charge in [0.25, 0.3) is 5.91 Å². The standard InChI is InChI=1S/C43H49N3O11/c1-48-29-14-15-31-30(24-29)43(47)45-42(44-31)26-13-16-33(35(19-26)49-2)55-17-11-9-8-10-12-18-56-41-38(52-5)20-27(21-39(41)53-6)32-25-34(57-46-32)28-22-36(50-3)40(54-7)37(23-28)51-4/h13-16,19-25,42,44H,8-12,17-18H2,1-7H3,(H,45,47). The second kappa shape index (κ2) is 18.9. The summed E-state index contributed by atoms with van der Waals surface area (Å²) in [5.41, 5.74) is 4.14. The molecular weight excluding hydrogens is 734 g/mol.